The van der Waals surface area contributed by atoms with E-state index in [1.807, 2.05) is 6.07 Å². The van der Waals surface area contributed by atoms with Gasteiger partial charge in [-0.3, -0.25) is 0 Å². The molecule has 1 fully saturated rings. The zero-order chi connectivity index (χ0) is 9.60. The lowest BCUT2D eigenvalue weighted by Gasteiger charge is -2.10. The summed E-state index contributed by atoms with van der Waals surface area (Å²) >= 11 is 4.36. The van der Waals surface area contributed by atoms with Crippen molar-refractivity contribution in [3.8, 4) is 5.75 Å². The second-order valence-electron chi connectivity index (χ2n) is 4.15. The Morgan fingerprint density at radius 1 is 1.50 bits per heavy atom. The summed E-state index contributed by atoms with van der Waals surface area (Å²) in [5.74, 6) is 1.64. The molecule has 0 aromatic carbocycles. The summed E-state index contributed by atoms with van der Waals surface area (Å²) < 4.78 is 5.76. The Balaban J connectivity index is 1.96. The smallest absolute Gasteiger partial charge is 0.174 e. The highest BCUT2D eigenvalue weighted by Crippen LogP contribution is 2.48. The zero-order valence-electron chi connectivity index (χ0n) is 7.79. The summed E-state index contributed by atoms with van der Waals surface area (Å²) in [6.07, 6.45) is 4.27. The molecule has 0 amide bonds. The Kier molecular flexibility index (Phi) is 1.68. The summed E-state index contributed by atoms with van der Waals surface area (Å²) in [4.78, 5) is 5.11. The van der Waals surface area contributed by atoms with Crippen LogP contribution in [0, 0.1) is 5.41 Å². The van der Waals surface area contributed by atoms with Gasteiger partial charge in [0.15, 0.2) is 11.6 Å². The van der Waals surface area contributed by atoms with Crippen molar-refractivity contribution in [1.29, 1.82) is 0 Å². The molecule has 2 heterocycles. The van der Waals surface area contributed by atoms with Crippen molar-refractivity contribution in [3.05, 3.63) is 12.3 Å². The lowest BCUT2D eigenvalue weighted by molar-refractivity contribution is 0.246. The highest BCUT2D eigenvalue weighted by Gasteiger charge is 2.45. The first-order valence-corrected chi connectivity index (χ1v) is 5.29. The summed E-state index contributed by atoms with van der Waals surface area (Å²) in [5, 5.41) is 3.33. The average Bonchev–Trinajstić information content (AvgIpc) is 2.96. The van der Waals surface area contributed by atoms with E-state index < -0.39 is 0 Å². The predicted octanol–water partition coefficient (Wildman–Crippen LogP) is 1.95. The number of fused-ring (bicyclic) bond motifs is 1. The zero-order valence-corrected chi connectivity index (χ0v) is 8.68. The van der Waals surface area contributed by atoms with Gasteiger partial charge in [0.05, 0.1) is 11.5 Å². The van der Waals surface area contributed by atoms with Crippen LogP contribution in [0.3, 0.4) is 0 Å². The number of nitrogens with zero attached hydrogens (tertiary/aromatic N) is 1. The Hall–Kier alpha value is -0.900. The number of rotatable bonds is 0. The molecule has 1 aliphatic heterocycles. The van der Waals surface area contributed by atoms with Crippen LogP contribution in [-0.2, 0) is 0 Å². The van der Waals surface area contributed by atoms with Gasteiger partial charge in [-0.15, -0.1) is 12.6 Å². The Bertz CT molecular complexity index is 376. The summed E-state index contributed by atoms with van der Waals surface area (Å²) in [6, 6.07) is 1.86. The van der Waals surface area contributed by atoms with E-state index in [-0.39, 0.29) is 0 Å². The van der Waals surface area contributed by atoms with Gasteiger partial charge in [-0.25, -0.2) is 4.98 Å². The molecule has 3 nitrogen and oxygen atoms in total. The third-order valence-electron chi connectivity index (χ3n) is 2.99. The minimum absolute atomic E-state index is 0.376. The van der Waals surface area contributed by atoms with E-state index in [2.05, 4.69) is 22.9 Å². The van der Waals surface area contributed by atoms with Crippen molar-refractivity contribution < 1.29 is 4.74 Å². The van der Waals surface area contributed by atoms with Crippen molar-refractivity contribution in [1.82, 2.24) is 4.98 Å². The Morgan fingerprint density at radius 2 is 2.36 bits per heavy atom. The predicted molar refractivity (Wildman–Crippen MR) is 57.1 cm³/mol. The first-order chi connectivity index (χ1) is 6.79. The van der Waals surface area contributed by atoms with Crippen LogP contribution < -0.4 is 10.1 Å². The first-order valence-electron chi connectivity index (χ1n) is 4.84. The topological polar surface area (TPSA) is 34.1 Å². The molecular formula is C10H12N2OS. The molecular weight excluding hydrogens is 196 g/mol. The largest absolute Gasteiger partial charge is 0.488 e. The highest BCUT2D eigenvalue weighted by atomic mass is 32.1. The lowest BCUT2D eigenvalue weighted by Crippen LogP contribution is -2.18. The van der Waals surface area contributed by atoms with Crippen molar-refractivity contribution >= 4 is 18.4 Å². The van der Waals surface area contributed by atoms with Crippen molar-refractivity contribution in [2.45, 2.75) is 17.7 Å². The Labute approximate surface area is 88.3 Å². The number of aromatic nitrogens is 1. The fraction of sp³-hybridized carbons (Fsp3) is 0.500. The van der Waals surface area contributed by atoms with Gasteiger partial charge in [-0.1, -0.05) is 0 Å². The molecule has 0 saturated heterocycles. The van der Waals surface area contributed by atoms with Gasteiger partial charge < -0.3 is 10.1 Å². The van der Waals surface area contributed by atoms with Crippen LogP contribution in [0.5, 0.6) is 5.75 Å². The van der Waals surface area contributed by atoms with Crippen molar-refractivity contribution in [2.75, 3.05) is 18.5 Å². The minimum Gasteiger partial charge on any atom is -0.488 e. The van der Waals surface area contributed by atoms with E-state index in [0.717, 1.165) is 29.6 Å². The molecule has 1 N–H and O–H groups in total. The van der Waals surface area contributed by atoms with Crippen LogP contribution in [0.2, 0.25) is 0 Å². The van der Waals surface area contributed by atoms with Gasteiger partial charge in [0.1, 0.15) is 0 Å². The first kappa shape index (κ1) is 8.41. The van der Waals surface area contributed by atoms with Gasteiger partial charge >= 0.3 is 0 Å². The summed E-state index contributed by atoms with van der Waals surface area (Å²) in [7, 11) is 0. The van der Waals surface area contributed by atoms with E-state index in [1.54, 1.807) is 6.20 Å². The number of thiol groups is 1. The Morgan fingerprint density at radius 3 is 3.14 bits per heavy atom. The molecule has 74 valence electrons. The number of hydrogen-bond donors (Lipinski definition) is 2. The molecule has 0 unspecified atom stereocenters. The second-order valence-corrected chi connectivity index (χ2v) is 4.63. The normalized spacial score (nSPS) is 21.8. The summed E-state index contributed by atoms with van der Waals surface area (Å²) in [6.45, 7) is 1.77. The fourth-order valence-corrected chi connectivity index (χ4v) is 1.99. The summed E-state index contributed by atoms with van der Waals surface area (Å²) in [5.41, 5.74) is 0.376. The maximum absolute atomic E-state index is 5.76. The van der Waals surface area contributed by atoms with Gasteiger partial charge in [-0.05, 0) is 18.9 Å². The maximum Gasteiger partial charge on any atom is 0.174 e. The molecule has 4 heteroatoms. The minimum atomic E-state index is 0.376. The third kappa shape index (κ3) is 1.25. The quantitative estimate of drug-likeness (QED) is 0.639. The van der Waals surface area contributed by atoms with Crippen LogP contribution in [0.1, 0.15) is 12.8 Å². The molecule has 0 bridgehead atoms. The SMILES string of the molecule is Sc1ccnc2c1OCC1(CC1)CN2. The molecule has 3 rings (SSSR count). The molecule has 1 spiro atoms. The number of nitrogens with one attached hydrogen (secondary N) is 1. The van der Waals surface area contributed by atoms with E-state index in [0.29, 0.717) is 5.41 Å². The molecule has 0 atom stereocenters. The highest BCUT2D eigenvalue weighted by molar-refractivity contribution is 7.80. The van der Waals surface area contributed by atoms with E-state index in [1.165, 1.54) is 12.8 Å². The van der Waals surface area contributed by atoms with Crippen LogP contribution in [0.25, 0.3) is 0 Å². The lowest BCUT2D eigenvalue weighted by atomic mass is 10.1. The molecule has 1 aliphatic carbocycles. The molecule has 1 aromatic rings. The van der Waals surface area contributed by atoms with Gasteiger partial charge in [0.25, 0.3) is 0 Å². The van der Waals surface area contributed by atoms with E-state index in [9.17, 15) is 0 Å². The molecule has 0 radical (unpaired) electrons. The fourth-order valence-electron chi connectivity index (χ4n) is 1.75. The van der Waals surface area contributed by atoms with Crippen molar-refractivity contribution in [2.24, 2.45) is 5.41 Å². The standard InChI is InChI=1S/C10H12N2OS/c14-7-1-4-11-9-8(7)13-6-10(2-3-10)5-12-9/h1,4H,2-3,5-6H2,(H2,11,12,14). The second kappa shape index (κ2) is 2.79. The van der Waals surface area contributed by atoms with Crippen LogP contribution in [0.15, 0.2) is 17.2 Å². The van der Waals surface area contributed by atoms with Crippen molar-refractivity contribution in [3.63, 3.8) is 0 Å². The third-order valence-corrected chi connectivity index (χ3v) is 3.35. The van der Waals surface area contributed by atoms with Gasteiger partial charge in [0.2, 0.25) is 0 Å². The molecule has 2 aliphatic rings. The van der Waals surface area contributed by atoms with Gasteiger partial charge in [0, 0.05) is 18.2 Å². The number of pyridine rings is 1. The van der Waals surface area contributed by atoms with Crippen LogP contribution in [-0.4, -0.2) is 18.1 Å². The van der Waals surface area contributed by atoms with E-state index >= 15 is 0 Å². The number of ether oxygens (including phenoxy) is 1. The van der Waals surface area contributed by atoms with Gasteiger partial charge in [-0.2, -0.15) is 0 Å². The number of hydrogen-bond acceptors (Lipinski definition) is 4. The molecule has 1 aromatic heterocycles. The van der Waals surface area contributed by atoms with Crippen LogP contribution in [0.4, 0.5) is 5.82 Å². The monoisotopic (exact) mass is 208 g/mol. The molecule has 14 heavy (non-hydrogen) atoms. The average molecular weight is 208 g/mol. The van der Waals surface area contributed by atoms with Crippen LogP contribution >= 0.6 is 12.6 Å². The number of anilines is 1. The van der Waals surface area contributed by atoms with E-state index in [4.69, 9.17) is 4.74 Å². The molecule has 1 saturated carbocycles. The maximum atomic E-state index is 5.76.